The van der Waals surface area contributed by atoms with Gasteiger partial charge in [0.25, 0.3) is 5.88 Å². The van der Waals surface area contributed by atoms with Crippen LogP contribution < -0.4 is 14.9 Å². The number of pyridine rings is 2. The van der Waals surface area contributed by atoms with E-state index in [0.717, 1.165) is 12.0 Å². The van der Waals surface area contributed by atoms with Crippen molar-refractivity contribution in [1.82, 2.24) is 9.55 Å². The smallest absolute Gasteiger partial charge is 0.343 e. The normalized spacial score (nSPS) is 14.7. The fraction of sp³-hybridized carbons (Fsp3) is 0.522. The quantitative estimate of drug-likeness (QED) is 0.446. The Morgan fingerprint density at radius 3 is 2.68 bits per heavy atom. The number of carbonyl (C=O) groups excluding carboxylic acids is 1. The molecule has 0 saturated heterocycles. The lowest BCUT2D eigenvalue weighted by Gasteiger charge is -2.33. The monoisotopic (exact) mass is 430 g/mol. The first-order valence-electron chi connectivity index (χ1n) is 10.5. The molecule has 0 spiro atoms. The van der Waals surface area contributed by atoms with Crippen LogP contribution in [0.2, 0.25) is 0 Å². The zero-order chi connectivity index (χ0) is 22.5. The van der Waals surface area contributed by atoms with Crippen LogP contribution in [0.4, 0.5) is 0 Å². The summed E-state index contributed by atoms with van der Waals surface area (Å²) < 4.78 is 23.4. The van der Waals surface area contributed by atoms with Crippen LogP contribution >= 0.6 is 0 Å². The molecule has 2 aromatic heterocycles. The van der Waals surface area contributed by atoms with Crippen LogP contribution in [-0.4, -0.2) is 49.6 Å². The van der Waals surface area contributed by atoms with Crippen molar-refractivity contribution in [2.75, 3.05) is 34.0 Å². The molecule has 1 aliphatic heterocycles. The molecule has 168 valence electrons. The molecule has 8 nitrogen and oxygen atoms in total. The number of aromatic nitrogens is 2. The van der Waals surface area contributed by atoms with Crippen LogP contribution in [-0.2, 0) is 15.9 Å². The molecule has 0 fully saturated rings. The minimum Gasteiger partial charge on any atom is -0.488 e. The molecule has 31 heavy (non-hydrogen) atoms. The third kappa shape index (κ3) is 4.74. The van der Waals surface area contributed by atoms with E-state index in [1.807, 2.05) is 10.6 Å². The standard InChI is InChI=1S/C23H30N2O6/c1-6-30-23(27)16-13-25-17(14(2)3)10-15-11-20(31-9-7-8-28-4)22(29-5)24-21(15)18(25)12-19(16)26/h11-14,17H,6-10H2,1-5H3/t17-/m0/s1. The number of hydrogen-bond acceptors (Lipinski definition) is 7. The third-order valence-corrected chi connectivity index (χ3v) is 5.35. The van der Waals surface area contributed by atoms with Crippen LogP contribution in [0.25, 0.3) is 11.4 Å². The van der Waals surface area contributed by atoms with Crippen LogP contribution in [0.3, 0.4) is 0 Å². The van der Waals surface area contributed by atoms with E-state index in [1.54, 1.807) is 20.2 Å². The van der Waals surface area contributed by atoms with Gasteiger partial charge in [-0.1, -0.05) is 13.8 Å². The Balaban J connectivity index is 2.09. The Bertz CT molecular complexity index is 998. The second-order valence-electron chi connectivity index (χ2n) is 7.78. The van der Waals surface area contributed by atoms with Gasteiger partial charge in [0.2, 0.25) is 0 Å². The van der Waals surface area contributed by atoms with Crippen molar-refractivity contribution in [3.8, 4) is 23.0 Å². The van der Waals surface area contributed by atoms with Gasteiger partial charge in [0.05, 0.1) is 31.7 Å². The average Bonchev–Trinajstić information content (AvgIpc) is 2.75. The molecule has 0 unspecified atom stereocenters. The molecular weight excluding hydrogens is 400 g/mol. The second-order valence-corrected chi connectivity index (χ2v) is 7.78. The summed E-state index contributed by atoms with van der Waals surface area (Å²) in [5, 5.41) is 0. The first kappa shape index (κ1) is 22.8. The van der Waals surface area contributed by atoms with Gasteiger partial charge in [-0.15, -0.1) is 0 Å². The zero-order valence-corrected chi connectivity index (χ0v) is 18.8. The van der Waals surface area contributed by atoms with Gasteiger partial charge < -0.3 is 23.5 Å². The first-order chi connectivity index (χ1) is 14.9. The highest BCUT2D eigenvalue weighted by atomic mass is 16.5. The lowest BCUT2D eigenvalue weighted by Crippen LogP contribution is -2.29. The molecule has 1 atom stereocenters. The summed E-state index contributed by atoms with van der Waals surface area (Å²) in [6.07, 6.45) is 3.05. The Morgan fingerprint density at radius 1 is 1.26 bits per heavy atom. The van der Waals surface area contributed by atoms with Crippen LogP contribution in [0.5, 0.6) is 11.6 Å². The van der Waals surface area contributed by atoms with E-state index in [1.165, 1.54) is 13.2 Å². The van der Waals surface area contributed by atoms with E-state index in [2.05, 4.69) is 18.8 Å². The highest BCUT2D eigenvalue weighted by Gasteiger charge is 2.30. The molecule has 0 radical (unpaired) electrons. The molecule has 3 rings (SSSR count). The number of rotatable bonds is 9. The van der Waals surface area contributed by atoms with Crippen molar-refractivity contribution in [3.05, 3.63) is 39.7 Å². The largest absolute Gasteiger partial charge is 0.488 e. The van der Waals surface area contributed by atoms with Crippen LogP contribution in [0.15, 0.2) is 23.1 Å². The van der Waals surface area contributed by atoms with Crippen molar-refractivity contribution >= 4 is 5.97 Å². The number of carbonyl (C=O) groups is 1. The van der Waals surface area contributed by atoms with Crippen LogP contribution in [0, 0.1) is 5.92 Å². The topological polar surface area (TPSA) is 88.9 Å². The number of hydrogen-bond donors (Lipinski definition) is 0. The van der Waals surface area contributed by atoms with E-state index in [9.17, 15) is 9.59 Å². The summed E-state index contributed by atoms with van der Waals surface area (Å²) >= 11 is 0. The Morgan fingerprint density at radius 2 is 2.03 bits per heavy atom. The summed E-state index contributed by atoms with van der Waals surface area (Å²) in [5.41, 5.74) is 1.93. The maximum Gasteiger partial charge on any atom is 0.343 e. The lowest BCUT2D eigenvalue weighted by atomic mass is 9.89. The average molecular weight is 431 g/mol. The van der Waals surface area contributed by atoms with Gasteiger partial charge in [-0.3, -0.25) is 4.79 Å². The molecule has 8 heteroatoms. The number of esters is 1. The summed E-state index contributed by atoms with van der Waals surface area (Å²) in [4.78, 5) is 29.6. The van der Waals surface area contributed by atoms with Gasteiger partial charge >= 0.3 is 5.97 Å². The minimum atomic E-state index is -0.610. The summed E-state index contributed by atoms with van der Waals surface area (Å²) in [6, 6.07) is 3.45. The third-order valence-electron chi connectivity index (χ3n) is 5.35. The van der Waals surface area contributed by atoms with Gasteiger partial charge in [-0.05, 0) is 30.9 Å². The van der Waals surface area contributed by atoms with Crippen molar-refractivity contribution < 1.29 is 23.7 Å². The van der Waals surface area contributed by atoms with E-state index in [-0.39, 0.29) is 29.6 Å². The van der Waals surface area contributed by atoms with Crippen LogP contribution in [0.1, 0.15) is 49.2 Å². The predicted octanol–water partition coefficient (Wildman–Crippen LogP) is 3.26. The molecule has 0 saturated carbocycles. The Labute approximate surface area is 182 Å². The molecule has 2 aromatic rings. The predicted molar refractivity (Wildman–Crippen MR) is 116 cm³/mol. The van der Waals surface area contributed by atoms with Gasteiger partial charge in [0, 0.05) is 38.4 Å². The summed E-state index contributed by atoms with van der Waals surface area (Å²) in [5.74, 6) is 0.575. The number of ether oxygens (including phenoxy) is 4. The van der Waals surface area contributed by atoms with Gasteiger partial charge in [-0.25, -0.2) is 9.78 Å². The molecule has 0 N–H and O–H groups in total. The van der Waals surface area contributed by atoms with Crippen molar-refractivity contribution in [2.24, 2.45) is 5.92 Å². The lowest BCUT2D eigenvalue weighted by molar-refractivity contribution is 0.0523. The maximum atomic E-state index is 12.7. The van der Waals surface area contributed by atoms with Gasteiger partial charge in [0.15, 0.2) is 11.2 Å². The zero-order valence-electron chi connectivity index (χ0n) is 18.8. The molecule has 0 aromatic carbocycles. The van der Waals surface area contributed by atoms with Crippen molar-refractivity contribution in [2.45, 2.75) is 39.7 Å². The molecule has 0 aliphatic carbocycles. The first-order valence-corrected chi connectivity index (χ1v) is 10.5. The molecule has 1 aliphatic rings. The number of nitrogens with zero attached hydrogens (tertiary/aromatic N) is 2. The minimum absolute atomic E-state index is 0.0322. The molecule has 0 bridgehead atoms. The van der Waals surface area contributed by atoms with Crippen molar-refractivity contribution in [3.63, 3.8) is 0 Å². The molecule has 0 amide bonds. The highest BCUT2D eigenvalue weighted by molar-refractivity contribution is 5.89. The number of fused-ring (bicyclic) bond motifs is 3. The Hall–Kier alpha value is -2.87. The van der Waals surface area contributed by atoms with Gasteiger partial charge in [0.1, 0.15) is 5.56 Å². The fourth-order valence-corrected chi connectivity index (χ4v) is 3.79. The molecule has 3 heterocycles. The van der Waals surface area contributed by atoms with Gasteiger partial charge in [-0.2, -0.15) is 0 Å². The SMILES string of the molecule is CCOC(=O)c1cn2c(cc1=O)-c1nc(OC)c(OCCCOC)cc1C[C@H]2C(C)C. The second kappa shape index (κ2) is 9.96. The van der Waals surface area contributed by atoms with E-state index in [0.29, 0.717) is 42.7 Å². The van der Waals surface area contributed by atoms with E-state index < -0.39 is 5.97 Å². The number of methoxy groups -OCH3 is 2. The summed E-state index contributed by atoms with van der Waals surface area (Å²) in [7, 11) is 3.19. The Kier molecular flexibility index (Phi) is 7.33. The fourth-order valence-electron chi connectivity index (χ4n) is 3.79. The van der Waals surface area contributed by atoms with Crippen molar-refractivity contribution in [1.29, 1.82) is 0 Å². The maximum absolute atomic E-state index is 12.7. The molecular formula is C23H30N2O6. The van der Waals surface area contributed by atoms with E-state index >= 15 is 0 Å². The summed E-state index contributed by atoms with van der Waals surface area (Å²) in [6.45, 7) is 7.24. The highest BCUT2D eigenvalue weighted by Crippen LogP contribution is 2.40. The van der Waals surface area contributed by atoms with E-state index in [4.69, 9.17) is 18.9 Å².